The fourth-order valence-corrected chi connectivity index (χ4v) is 3.58. The Labute approximate surface area is 189 Å². The van der Waals surface area contributed by atoms with Crippen LogP contribution in [0.1, 0.15) is 35.7 Å². The van der Waals surface area contributed by atoms with Crippen molar-refractivity contribution in [2.45, 2.75) is 39.9 Å². The Morgan fingerprint density at radius 1 is 1.31 bits per heavy atom. The van der Waals surface area contributed by atoms with Crippen molar-refractivity contribution >= 4 is 28.4 Å². The number of aromatic nitrogens is 3. The summed E-state index contributed by atoms with van der Waals surface area (Å²) in [7, 11) is 3.67. The molecule has 1 amide bonds. The van der Waals surface area contributed by atoms with Crippen LogP contribution >= 0.6 is 0 Å². The minimum atomic E-state index is -0.243. The van der Waals surface area contributed by atoms with Gasteiger partial charge in [-0.3, -0.25) is 14.3 Å². The van der Waals surface area contributed by atoms with Crippen LogP contribution in [0.25, 0.3) is 10.8 Å². The maximum atomic E-state index is 13.3. The van der Waals surface area contributed by atoms with Crippen LogP contribution in [0.15, 0.2) is 30.3 Å². The van der Waals surface area contributed by atoms with E-state index in [-0.39, 0.29) is 11.9 Å². The summed E-state index contributed by atoms with van der Waals surface area (Å²) in [5.41, 5.74) is 8.02. The number of carbonyl (C=O) groups excluding carboxylic acids is 1. The van der Waals surface area contributed by atoms with Crippen molar-refractivity contribution in [3.8, 4) is 11.8 Å². The van der Waals surface area contributed by atoms with E-state index in [4.69, 9.17) is 5.73 Å². The first-order chi connectivity index (χ1) is 15.4. The summed E-state index contributed by atoms with van der Waals surface area (Å²) >= 11 is 0. The molecule has 0 aliphatic heterocycles. The SMILES string of the molecule is CC#CCn1c(N(C)[C@@H](C)CN)nc(NC)c1C(=O)NCc1nc(C)cc2ccccc12. The third-order valence-corrected chi connectivity index (χ3v) is 5.49. The highest BCUT2D eigenvalue weighted by Gasteiger charge is 2.25. The van der Waals surface area contributed by atoms with Gasteiger partial charge in [-0.15, -0.1) is 5.92 Å². The number of benzene rings is 1. The number of nitrogens with zero attached hydrogens (tertiary/aromatic N) is 4. The number of aryl methyl sites for hydroxylation is 1. The van der Waals surface area contributed by atoms with Gasteiger partial charge in [0.25, 0.3) is 5.91 Å². The molecule has 2 aromatic heterocycles. The van der Waals surface area contributed by atoms with Gasteiger partial charge in [0.2, 0.25) is 5.95 Å². The highest BCUT2D eigenvalue weighted by molar-refractivity contribution is 5.98. The number of rotatable bonds is 8. The molecule has 8 nitrogen and oxygen atoms in total. The average Bonchev–Trinajstić information content (AvgIpc) is 3.18. The number of hydrogen-bond acceptors (Lipinski definition) is 6. The van der Waals surface area contributed by atoms with Crippen molar-refractivity contribution in [3.63, 3.8) is 0 Å². The average molecular weight is 434 g/mol. The molecule has 1 aromatic carbocycles. The molecule has 2 heterocycles. The lowest BCUT2D eigenvalue weighted by Crippen LogP contribution is -2.37. The number of imidazole rings is 1. The Kier molecular flexibility index (Phi) is 7.33. The van der Waals surface area contributed by atoms with Gasteiger partial charge < -0.3 is 21.3 Å². The number of nitrogens with two attached hydrogens (primary N) is 1. The van der Waals surface area contributed by atoms with Crippen LogP contribution in [0.2, 0.25) is 0 Å². The predicted molar refractivity (Wildman–Crippen MR) is 130 cm³/mol. The molecule has 0 spiro atoms. The molecule has 0 radical (unpaired) electrons. The zero-order valence-corrected chi connectivity index (χ0v) is 19.4. The minimum Gasteiger partial charge on any atom is -0.371 e. The Hall–Kier alpha value is -3.57. The quantitative estimate of drug-likeness (QED) is 0.472. The van der Waals surface area contributed by atoms with E-state index in [0.29, 0.717) is 37.1 Å². The Balaban J connectivity index is 1.97. The second-order valence-corrected chi connectivity index (χ2v) is 7.68. The van der Waals surface area contributed by atoms with E-state index in [1.165, 1.54) is 0 Å². The van der Waals surface area contributed by atoms with E-state index >= 15 is 0 Å². The topological polar surface area (TPSA) is 101 Å². The Morgan fingerprint density at radius 3 is 2.75 bits per heavy atom. The molecular weight excluding hydrogens is 402 g/mol. The molecule has 4 N–H and O–H groups in total. The monoisotopic (exact) mass is 433 g/mol. The van der Waals surface area contributed by atoms with E-state index in [0.717, 1.165) is 22.2 Å². The number of carbonyl (C=O) groups is 1. The number of pyridine rings is 1. The Morgan fingerprint density at radius 2 is 2.06 bits per heavy atom. The summed E-state index contributed by atoms with van der Waals surface area (Å²) in [5, 5.41) is 8.20. The molecule has 0 saturated carbocycles. The first-order valence-corrected chi connectivity index (χ1v) is 10.7. The highest BCUT2D eigenvalue weighted by Crippen LogP contribution is 2.25. The molecule has 0 aliphatic rings. The molecular formula is C24H31N7O. The van der Waals surface area contributed by atoms with Crippen LogP contribution < -0.4 is 21.3 Å². The standard InChI is InChI=1S/C24H31N7O/c1-6-7-12-31-21(22(26-4)29-24(31)30(5)17(3)14-25)23(32)27-15-20-19-11-9-8-10-18(19)13-16(2)28-20/h8-11,13,17,26H,12,14-15,25H2,1-5H3,(H,27,32)/t17-/m0/s1. The van der Waals surface area contributed by atoms with Gasteiger partial charge in [0, 0.05) is 37.8 Å². The van der Waals surface area contributed by atoms with Gasteiger partial charge in [-0.25, -0.2) is 0 Å². The lowest BCUT2D eigenvalue weighted by atomic mass is 10.1. The normalized spacial score (nSPS) is 11.6. The smallest absolute Gasteiger partial charge is 0.272 e. The van der Waals surface area contributed by atoms with Crippen molar-refractivity contribution in [2.24, 2.45) is 5.73 Å². The van der Waals surface area contributed by atoms with Gasteiger partial charge in [-0.2, -0.15) is 4.98 Å². The second kappa shape index (κ2) is 10.2. The molecule has 0 saturated heterocycles. The van der Waals surface area contributed by atoms with Gasteiger partial charge in [0.1, 0.15) is 0 Å². The fourth-order valence-electron chi connectivity index (χ4n) is 3.58. The summed E-state index contributed by atoms with van der Waals surface area (Å²) in [6.45, 7) is 6.85. The van der Waals surface area contributed by atoms with Crippen molar-refractivity contribution in [3.05, 3.63) is 47.4 Å². The van der Waals surface area contributed by atoms with Gasteiger partial charge in [0.05, 0.1) is 18.8 Å². The van der Waals surface area contributed by atoms with Gasteiger partial charge >= 0.3 is 0 Å². The zero-order chi connectivity index (χ0) is 23.3. The van der Waals surface area contributed by atoms with Crippen molar-refractivity contribution in [2.75, 3.05) is 30.9 Å². The molecule has 3 aromatic rings. The number of likely N-dealkylation sites (N-methyl/N-ethyl adjacent to an activating group) is 1. The summed E-state index contributed by atoms with van der Waals surface area (Å²) in [4.78, 5) is 24.6. The van der Waals surface area contributed by atoms with Crippen LogP contribution in [-0.4, -0.2) is 47.1 Å². The van der Waals surface area contributed by atoms with Crippen molar-refractivity contribution < 1.29 is 4.79 Å². The molecule has 32 heavy (non-hydrogen) atoms. The number of amides is 1. The molecule has 0 fully saturated rings. The lowest BCUT2D eigenvalue weighted by Gasteiger charge is -2.25. The van der Waals surface area contributed by atoms with Gasteiger partial charge in [0.15, 0.2) is 11.5 Å². The lowest BCUT2D eigenvalue weighted by molar-refractivity contribution is 0.0943. The summed E-state index contributed by atoms with van der Waals surface area (Å²) in [6, 6.07) is 10.1. The van der Waals surface area contributed by atoms with Crippen LogP contribution in [0.5, 0.6) is 0 Å². The molecule has 0 bridgehead atoms. The molecule has 3 rings (SSSR count). The minimum absolute atomic E-state index is 0.0502. The third kappa shape index (κ3) is 4.68. The maximum absolute atomic E-state index is 13.3. The number of hydrogen-bond donors (Lipinski definition) is 3. The second-order valence-electron chi connectivity index (χ2n) is 7.68. The Bertz CT molecular complexity index is 1170. The molecule has 1 atom stereocenters. The summed E-state index contributed by atoms with van der Waals surface area (Å²) < 4.78 is 1.83. The largest absolute Gasteiger partial charge is 0.371 e. The van der Waals surface area contributed by atoms with Crippen LogP contribution in [0, 0.1) is 18.8 Å². The van der Waals surface area contributed by atoms with Crippen LogP contribution in [0.4, 0.5) is 11.8 Å². The fraction of sp³-hybridized carbons (Fsp3) is 0.375. The third-order valence-electron chi connectivity index (χ3n) is 5.49. The first kappa shape index (κ1) is 23.1. The number of anilines is 2. The summed E-state index contributed by atoms with van der Waals surface area (Å²) in [6.07, 6.45) is 0. The van der Waals surface area contributed by atoms with Crippen LogP contribution in [-0.2, 0) is 13.1 Å². The zero-order valence-electron chi connectivity index (χ0n) is 19.4. The molecule has 0 aliphatic carbocycles. The van der Waals surface area contributed by atoms with Crippen molar-refractivity contribution in [1.82, 2.24) is 19.9 Å². The first-order valence-electron chi connectivity index (χ1n) is 10.7. The van der Waals surface area contributed by atoms with Crippen LogP contribution in [0.3, 0.4) is 0 Å². The maximum Gasteiger partial charge on any atom is 0.272 e. The summed E-state index contributed by atoms with van der Waals surface area (Å²) in [5.74, 6) is 6.84. The molecule has 0 unspecified atom stereocenters. The highest BCUT2D eigenvalue weighted by atomic mass is 16.2. The number of nitrogens with one attached hydrogen (secondary N) is 2. The molecule has 8 heteroatoms. The van der Waals surface area contributed by atoms with E-state index in [1.807, 2.05) is 60.7 Å². The predicted octanol–water partition coefficient (Wildman–Crippen LogP) is 2.52. The van der Waals surface area contributed by atoms with E-state index < -0.39 is 0 Å². The molecule has 168 valence electrons. The van der Waals surface area contributed by atoms with Crippen molar-refractivity contribution in [1.29, 1.82) is 0 Å². The van der Waals surface area contributed by atoms with E-state index in [9.17, 15) is 4.79 Å². The van der Waals surface area contributed by atoms with Gasteiger partial charge in [-0.1, -0.05) is 30.2 Å². The van der Waals surface area contributed by atoms with Gasteiger partial charge in [-0.05, 0) is 32.2 Å². The van der Waals surface area contributed by atoms with E-state index in [1.54, 1.807) is 14.0 Å². The van der Waals surface area contributed by atoms with E-state index in [2.05, 4.69) is 32.4 Å². The number of fused-ring (bicyclic) bond motifs is 1.